The number of aromatic nitrogens is 2. The fourth-order valence-electron chi connectivity index (χ4n) is 0.883. The van der Waals surface area contributed by atoms with Crippen LogP contribution in [0.4, 0.5) is 5.82 Å². The molecule has 0 atom stereocenters. The van der Waals surface area contributed by atoms with Crippen molar-refractivity contribution in [1.82, 2.24) is 10.2 Å². The summed E-state index contributed by atoms with van der Waals surface area (Å²) in [5, 5.41) is 7.88. The molecule has 1 rings (SSSR count). The summed E-state index contributed by atoms with van der Waals surface area (Å²) in [5.74, 6) is 3.29. The van der Waals surface area contributed by atoms with Gasteiger partial charge in [-0.25, -0.2) is 0 Å². The van der Waals surface area contributed by atoms with Gasteiger partial charge in [-0.05, 0) is 12.1 Å². The molecular weight excluding hydrogens is 164 g/mol. The van der Waals surface area contributed by atoms with Crippen LogP contribution in [0.15, 0.2) is 12.1 Å². The molecule has 0 aliphatic carbocycles. The van der Waals surface area contributed by atoms with Crippen LogP contribution in [0.25, 0.3) is 0 Å². The maximum atomic E-state index is 5.39. The minimum absolute atomic E-state index is 0.409. The molecule has 0 aromatic carbocycles. The van der Waals surface area contributed by atoms with E-state index in [-0.39, 0.29) is 0 Å². The Morgan fingerprint density at radius 1 is 1.54 bits per heavy atom. The highest BCUT2D eigenvalue weighted by molar-refractivity contribution is 5.37. The van der Waals surface area contributed by atoms with E-state index in [0.29, 0.717) is 13.1 Å². The van der Waals surface area contributed by atoms with Crippen molar-refractivity contribution in [2.75, 3.05) is 18.5 Å². The van der Waals surface area contributed by atoms with Crippen LogP contribution in [0.5, 0.6) is 0 Å². The first kappa shape index (κ1) is 9.49. The van der Waals surface area contributed by atoms with Crippen molar-refractivity contribution in [1.29, 1.82) is 0 Å². The summed E-state index contributed by atoms with van der Waals surface area (Å²) >= 11 is 0. The van der Waals surface area contributed by atoms with Crippen molar-refractivity contribution in [3.8, 4) is 12.3 Å². The Labute approximate surface area is 77.8 Å². The van der Waals surface area contributed by atoms with E-state index in [1.54, 1.807) is 0 Å². The predicted molar refractivity (Wildman–Crippen MR) is 52.0 cm³/mol. The summed E-state index contributed by atoms with van der Waals surface area (Å²) in [6.45, 7) is 0.933. The zero-order valence-electron chi connectivity index (χ0n) is 7.57. The topological polar surface area (TPSA) is 55.0 Å². The average Bonchev–Trinajstić information content (AvgIpc) is 2.18. The van der Waals surface area contributed by atoms with Gasteiger partial charge in [0, 0.05) is 13.6 Å². The quantitative estimate of drug-likeness (QED) is 0.659. The summed E-state index contributed by atoms with van der Waals surface area (Å²) in [7, 11) is 1.87. The third-order valence-electron chi connectivity index (χ3n) is 1.63. The molecule has 13 heavy (non-hydrogen) atoms. The Morgan fingerprint density at radius 2 is 2.31 bits per heavy atom. The molecule has 0 saturated carbocycles. The fraction of sp³-hybridized carbons (Fsp3) is 0.333. The van der Waals surface area contributed by atoms with Gasteiger partial charge in [-0.15, -0.1) is 11.5 Å². The van der Waals surface area contributed by atoms with Crippen LogP contribution in [0, 0.1) is 12.3 Å². The van der Waals surface area contributed by atoms with E-state index in [1.807, 2.05) is 24.1 Å². The van der Waals surface area contributed by atoms with E-state index >= 15 is 0 Å². The molecule has 0 spiro atoms. The highest BCUT2D eigenvalue weighted by atomic mass is 15.2. The van der Waals surface area contributed by atoms with Crippen molar-refractivity contribution in [2.45, 2.75) is 6.54 Å². The molecule has 0 fully saturated rings. The Bertz CT molecular complexity index is 298. The minimum Gasteiger partial charge on any atom is -0.347 e. The zero-order chi connectivity index (χ0) is 9.68. The van der Waals surface area contributed by atoms with Crippen LogP contribution in [-0.4, -0.2) is 23.8 Å². The van der Waals surface area contributed by atoms with Crippen LogP contribution in [0.1, 0.15) is 5.69 Å². The second kappa shape index (κ2) is 4.43. The number of nitrogens with two attached hydrogens (primary N) is 1. The number of nitrogens with zero attached hydrogens (tertiary/aromatic N) is 3. The van der Waals surface area contributed by atoms with Crippen molar-refractivity contribution >= 4 is 5.82 Å². The van der Waals surface area contributed by atoms with Gasteiger partial charge in [-0.1, -0.05) is 5.92 Å². The van der Waals surface area contributed by atoms with E-state index < -0.39 is 0 Å². The van der Waals surface area contributed by atoms with Crippen LogP contribution >= 0.6 is 0 Å². The summed E-state index contributed by atoms with van der Waals surface area (Å²) in [6, 6.07) is 3.70. The molecule has 0 aliphatic heterocycles. The molecular formula is C9H12N4. The van der Waals surface area contributed by atoms with Gasteiger partial charge in [0.05, 0.1) is 12.2 Å². The van der Waals surface area contributed by atoms with E-state index in [2.05, 4.69) is 16.1 Å². The summed E-state index contributed by atoms with van der Waals surface area (Å²) in [5.41, 5.74) is 6.16. The normalized spacial score (nSPS) is 9.31. The number of hydrogen-bond donors (Lipinski definition) is 1. The van der Waals surface area contributed by atoms with Crippen molar-refractivity contribution in [3.63, 3.8) is 0 Å². The van der Waals surface area contributed by atoms with E-state index in [0.717, 1.165) is 11.5 Å². The molecule has 2 N–H and O–H groups in total. The molecule has 0 saturated heterocycles. The smallest absolute Gasteiger partial charge is 0.151 e. The van der Waals surface area contributed by atoms with Crippen LogP contribution < -0.4 is 10.6 Å². The zero-order valence-corrected chi connectivity index (χ0v) is 7.57. The van der Waals surface area contributed by atoms with Crippen molar-refractivity contribution in [3.05, 3.63) is 17.8 Å². The van der Waals surface area contributed by atoms with Gasteiger partial charge >= 0.3 is 0 Å². The van der Waals surface area contributed by atoms with Gasteiger partial charge in [0.25, 0.3) is 0 Å². The largest absolute Gasteiger partial charge is 0.347 e. The molecule has 0 bridgehead atoms. The van der Waals surface area contributed by atoms with Crippen LogP contribution in [-0.2, 0) is 6.54 Å². The van der Waals surface area contributed by atoms with Crippen molar-refractivity contribution < 1.29 is 0 Å². The molecule has 0 radical (unpaired) electrons. The second-order valence-corrected chi connectivity index (χ2v) is 2.65. The average molecular weight is 176 g/mol. The lowest BCUT2D eigenvalue weighted by molar-refractivity contribution is 0.869. The maximum Gasteiger partial charge on any atom is 0.151 e. The van der Waals surface area contributed by atoms with Crippen LogP contribution in [0.2, 0.25) is 0 Å². The SMILES string of the molecule is C#CCN(C)c1ccc(CN)nn1. The number of terminal acetylenes is 1. The molecule has 0 unspecified atom stereocenters. The number of rotatable bonds is 3. The predicted octanol–water partition coefficient (Wildman–Crippen LogP) is 0.00470. The standard InChI is InChI=1S/C9H12N4/c1-3-6-13(2)9-5-4-8(7-10)11-12-9/h1,4-5H,6-7,10H2,2H3. The molecule has 0 aliphatic rings. The highest BCUT2D eigenvalue weighted by Gasteiger charge is 2.00. The van der Waals surface area contributed by atoms with Crippen molar-refractivity contribution in [2.24, 2.45) is 5.73 Å². The number of hydrogen-bond acceptors (Lipinski definition) is 4. The first-order valence-corrected chi connectivity index (χ1v) is 3.95. The Morgan fingerprint density at radius 3 is 2.77 bits per heavy atom. The maximum absolute atomic E-state index is 5.39. The lowest BCUT2D eigenvalue weighted by Crippen LogP contribution is -2.19. The van der Waals surface area contributed by atoms with Gasteiger partial charge in [0.1, 0.15) is 0 Å². The molecule has 68 valence electrons. The van der Waals surface area contributed by atoms with Gasteiger partial charge in [0.15, 0.2) is 5.82 Å². The molecule has 1 heterocycles. The number of anilines is 1. The summed E-state index contributed by atoms with van der Waals surface area (Å²) in [6.07, 6.45) is 5.16. The lowest BCUT2D eigenvalue weighted by atomic mass is 10.4. The van der Waals surface area contributed by atoms with Crippen LogP contribution in [0.3, 0.4) is 0 Å². The van der Waals surface area contributed by atoms with Gasteiger partial charge in [-0.3, -0.25) is 0 Å². The first-order chi connectivity index (χ1) is 6.27. The summed E-state index contributed by atoms with van der Waals surface area (Å²) in [4.78, 5) is 1.84. The fourth-order valence-corrected chi connectivity index (χ4v) is 0.883. The molecule has 1 aromatic rings. The molecule has 0 amide bonds. The lowest BCUT2D eigenvalue weighted by Gasteiger charge is -2.13. The van der Waals surface area contributed by atoms with E-state index in [1.165, 1.54) is 0 Å². The third kappa shape index (κ3) is 2.42. The monoisotopic (exact) mass is 176 g/mol. The highest BCUT2D eigenvalue weighted by Crippen LogP contribution is 2.05. The third-order valence-corrected chi connectivity index (χ3v) is 1.63. The van der Waals surface area contributed by atoms with E-state index in [4.69, 9.17) is 12.2 Å². The Kier molecular flexibility index (Phi) is 3.23. The minimum atomic E-state index is 0.409. The van der Waals surface area contributed by atoms with Gasteiger partial charge < -0.3 is 10.6 Å². The Hall–Kier alpha value is -1.60. The van der Waals surface area contributed by atoms with E-state index in [9.17, 15) is 0 Å². The molecule has 1 aromatic heterocycles. The van der Waals surface area contributed by atoms with Gasteiger partial charge in [0.2, 0.25) is 0 Å². The second-order valence-electron chi connectivity index (χ2n) is 2.65. The summed E-state index contributed by atoms with van der Waals surface area (Å²) < 4.78 is 0. The molecule has 4 nitrogen and oxygen atoms in total. The van der Waals surface area contributed by atoms with Gasteiger partial charge in [-0.2, -0.15) is 5.10 Å². The Balaban J connectivity index is 2.74. The first-order valence-electron chi connectivity index (χ1n) is 3.95. The molecule has 4 heteroatoms.